The number of nitrogens with one attached hydrogen (secondary N) is 2. The average Bonchev–Trinajstić information content (AvgIpc) is 2.13. The van der Waals surface area contributed by atoms with Crippen molar-refractivity contribution in [2.45, 2.75) is 19.9 Å². The highest BCUT2D eigenvalue weighted by Crippen LogP contribution is 2.00. The first-order valence-corrected chi connectivity index (χ1v) is 4.10. The van der Waals surface area contributed by atoms with E-state index in [1.807, 2.05) is 0 Å². The molecule has 0 radical (unpaired) electrons. The zero-order valence-corrected chi connectivity index (χ0v) is 8.31. The first-order chi connectivity index (χ1) is 6.84. The van der Waals surface area contributed by atoms with E-state index in [9.17, 15) is 14.4 Å². The predicted molar refractivity (Wildman–Crippen MR) is 48.6 cm³/mol. The molecular weight excluding hydrogens is 206 g/mol. The van der Waals surface area contributed by atoms with Gasteiger partial charge < -0.3 is 15.6 Å². The van der Waals surface area contributed by atoms with Gasteiger partial charge in [-0.15, -0.1) is 0 Å². The maximum absolute atomic E-state index is 11.1. The highest BCUT2D eigenvalue weighted by molar-refractivity contribution is 5.88. The number of ether oxygens (including phenoxy) is 1. The fourth-order valence-electron chi connectivity index (χ4n) is 0.562. The lowest BCUT2D eigenvalue weighted by Gasteiger charge is -2.13. The van der Waals surface area contributed by atoms with Crippen molar-refractivity contribution in [2.75, 3.05) is 0 Å². The quantitative estimate of drug-likeness (QED) is 0.279. The van der Waals surface area contributed by atoms with Crippen molar-refractivity contribution in [1.29, 1.82) is 0 Å². The van der Waals surface area contributed by atoms with E-state index in [1.165, 1.54) is 5.43 Å². The number of carbonyl (C=O) groups excluding carboxylic acids is 2. The molecule has 15 heavy (non-hydrogen) atoms. The third-order valence-electron chi connectivity index (χ3n) is 1.46. The fourth-order valence-corrected chi connectivity index (χ4v) is 0.562. The SMILES string of the molecule is CC(C)[C@H](N)C(=O)OC(=O)NNC(=O)O. The van der Waals surface area contributed by atoms with Crippen LogP contribution in [0, 0.1) is 5.92 Å². The van der Waals surface area contributed by atoms with E-state index in [1.54, 1.807) is 19.3 Å². The standard InChI is InChI=1S/C7H13N3O5/c1-3(2)4(8)5(11)15-7(14)10-9-6(12)13/h3-4,9H,8H2,1-2H3,(H,10,14)(H,12,13)/t4-/m0/s1. The highest BCUT2D eigenvalue weighted by Gasteiger charge is 2.21. The minimum Gasteiger partial charge on any atom is -0.464 e. The van der Waals surface area contributed by atoms with E-state index < -0.39 is 24.2 Å². The van der Waals surface area contributed by atoms with Gasteiger partial charge in [-0.25, -0.2) is 25.2 Å². The molecule has 0 aromatic carbocycles. The van der Waals surface area contributed by atoms with Crippen LogP contribution >= 0.6 is 0 Å². The molecular formula is C7H13N3O5. The smallest absolute Gasteiger partial charge is 0.433 e. The molecule has 0 rings (SSSR count). The van der Waals surface area contributed by atoms with Gasteiger partial charge in [-0.05, 0) is 5.92 Å². The Morgan fingerprint density at radius 3 is 2.20 bits per heavy atom. The van der Waals surface area contributed by atoms with Gasteiger partial charge in [-0.1, -0.05) is 13.8 Å². The van der Waals surface area contributed by atoms with Crippen molar-refractivity contribution in [3.63, 3.8) is 0 Å². The summed E-state index contributed by atoms with van der Waals surface area (Å²) in [6.45, 7) is 3.36. The molecule has 8 heteroatoms. The second kappa shape index (κ2) is 5.81. The number of hydrogen-bond acceptors (Lipinski definition) is 5. The lowest BCUT2D eigenvalue weighted by Crippen LogP contribution is -2.45. The summed E-state index contributed by atoms with van der Waals surface area (Å²) < 4.78 is 4.18. The molecule has 2 amide bonds. The number of nitrogens with two attached hydrogens (primary N) is 1. The fraction of sp³-hybridized carbons (Fsp3) is 0.571. The molecule has 0 aromatic heterocycles. The second-order valence-corrected chi connectivity index (χ2v) is 3.03. The van der Waals surface area contributed by atoms with Crippen LogP contribution in [0.5, 0.6) is 0 Å². The summed E-state index contributed by atoms with van der Waals surface area (Å²) >= 11 is 0. The van der Waals surface area contributed by atoms with Crippen LogP contribution in [0.1, 0.15) is 13.8 Å². The molecule has 0 saturated heterocycles. The monoisotopic (exact) mass is 219 g/mol. The summed E-state index contributed by atoms with van der Waals surface area (Å²) in [5, 5.41) is 8.10. The number of carboxylic acid groups (broad SMARTS) is 1. The predicted octanol–water partition coefficient (Wildman–Crippen LogP) is -0.595. The second-order valence-electron chi connectivity index (χ2n) is 3.03. The Hall–Kier alpha value is -1.83. The Labute approximate surface area is 85.7 Å². The van der Waals surface area contributed by atoms with Gasteiger partial charge in [0, 0.05) is 0 Å². The first-order valence-electron chi connectivity index (χ1n) is 4.10. The van der Waals surface area contributed by atoms with Crippen LogP contribution in [0.25, 0.3) is 0 Å². The average molecular weight is 219 g/mol. The van der Waals surface area contributed by atoms with Crippen LogP contribution in [-0.2, 0) is 9.53 Å². The van der Waals surface area contributed by atoms with Crippen LogP contribution in [0.15, 0.2) is 0 Å². The van der Waals surface area contributed by atoms with Crippen molar-refractivity contribution < 1.29 is 24.2 Å². The van der Waals surface area contributed by atoms with Crippen molar-refractivity contribution in [3.05, 3.63) is 0 Å². The Bertz CT molecular complexity index is 265. The van der Waals surface area contributed by atoms with Gasteiger partial charge in [-0.3, -0.25) is 0 Å². The summed E-state index contributed by atoms with van der Waals surface area (Å²) in [7, 11) is 0. The van der Waals surface area contributed by atoms with Gasteiger partial charge in [0.2, 0.25) is 0 Å². The van der Waals surface area contributed by atoms with Gasteiger partial charge in [0.05, 0.1) is 0 Å². The minimum absolute atomic E-state index is 0.183. The van der Waals surface area contributed by atoms with Crippen molar-refractivity contribution in [1.82, 2.24) is 10.9 Å². The van der Waals surface area contributed by atoms with Gasteiger partial charge >= 0.3 is 18.2 Å². The van der Waals surface area contributed by atoms with E-state index in [4.69, 9.17) is 10.8 Å². The van der Waals surface area contributed by atoms with Gasteiger partial charge in [0.25, 0.3) is 0 Å². The van der Waals surface area contributed by atoms with E-state index in [0.717, 1.165) is 0 Å². The molecule has 0 spiro atoms. The Morgan fingerprint density at radius 1 is 1.27 bits per heavy atom. The normalized spacial score (nSPS) is 11.7. The molecule has 0 aliphatic rings. The van der Waals surface area contributed by atoms with E-state index in [2.05, 4.69) is 4.74 Å². The molecule has 8 nitrogen and oxygen atoms in total. The van der Waals surface area contributed by atoms with E-state index in [0.29, 0.717) is 0 Å². The van der Waals surface area contributed by atoms with Crippen LogP contribution in [0.2, 0.25) is 0 Å². The van der Waals surface area contributed by atoms with Crippen LogP contribution in [0.3, 0.4) is 0 Å². The summed E-state index contributed by atoms with van der Waals surface area (Å²) in [4.78, 5) is 31.7. The number of esters is 1. The number of carbonyl (C=O) groups is 3. The van der Waals surface area contributed by atoms with Crippen LogP contribution in [0.4, 0.5) is 9.59 Å². The summed E-state index contributed by atoms with van der Waals surface area (Å²) in [6, 6.07) is -0.930. The maximum Gasteiger partial charge on any atom is 0.433 e. The molecule has 0 bridgehead atoms. The number of rotatable bonds is 2. The Kier molecular flexibility index (Phi) is 5.10. The van der Waals surface area contributed by atoms with E-state index >= 15 is 0 Å². The minimum atomic E-state index is -1.48. The highest BCUT2D eigenvalue weighted by atomic mass is 16.6. The lowest BCUT2D eigenvalue weighted by atomic mass is 10.1. The largest absolute Gasteiger partial charge is 0.464 e. The maximum atomic E-state index is 11.1. The molecule has 0 unspecified atom stereocenters. The molecule has 0 heterocycles. The third kappa shape index (κ3) is 5.47. The molecule has 0 aliphatic carbocycles. The van der Waals surface area contributed by atoms with Gasteiger partial charge in [0.15, 0.2) is 0 Å². The number of hydrogen-bond donors (Lipinski definition) is 4. The zero-order chi connectivity index (χ0) is 12.0. The van der Waals surface area contributed by atoms with Crippen molar-refractivity contribution in [3.8, 4) is 0 Å². The van der Waals surface area contributed by atoms with Gasteiger partial charge in [0.1, 0.15) is 6.04 Å². The molecule has 0 aliphatic heterocycles. The third-order valence-corrected chi connectivity index (χ3v) is 1.46. The Morgan fingerprint density at radius 2 is 1.80 bits per heavy atom. The first kappa shape index (κ1) is 13.2. The zero-order valence-electron chi connectivity index (χ0n) is 8.31. The molecule has 86 valence electrons. The summed E-state index contributed by atoms with van der Waals surface area (Å²) in [5.74, 6) is -1.10. The molecule has 1 atom stereocenters. The summed E-state index contributed by atoms with van der Waals surface area (Å²) in [6.07, 6.45) is -2.70. The van der Waals surface area contributed by atoms with E-state index in [-0.39, 0.29) is 5.92 Å². The molecule has 5 N–H and O–H groups in total. The number of amides is 2. The lowest BCUT2D eigenvalue weighted by molar-refractivity contribution is -0.139. The van der Waals surface area contributed by atoms with Crippen LogP contribution < -0.4 is 16.6 Å². The summed E-state index contributed by atoms with van der Waals surface area (Å²) in [5.41, 5.74) is 8.51. The van der Waals surface area contributed by atoms with Crippen molar-refractivity contribution in [2.24, 2.45) is 11.7 Å². The number of hydrazine groups is 1. The van der Waals surface area contributed by atoms with Gasteiger partial charge in [-0.2, -0.15) is 0 Å². The van der Waals surface area contributed by atoms with Crippen LogP contribution in [-0.4, -0.2) is 29.3 Å². The molecule has 0 saturated carbocycles. The molecule has 0 aromatic rings. The topological polar surface area (TPSA) is 131 Å². The molecule has 0 fully saturated rings. The van der Waals surface area contributed by atoms with Crippen molar-refractivity contribution >= 4 is 18.2 Å². The Balaban J connectivity index is 3.96.